The molecule has 0 fully saturated rings. The molecule has 2 heterocycles. The SMILES string of the molecule is Clc1ccc(Br)c(-c2cc3ncnc(Cl)c3s2)c1. The summed E-state index contributed by atoms with van der Waals surface area (Å²) in [7, 11) is 0. The second kappa shape index (κ2) is 4.78. The summed E-state index contributed by atoms with van der Waals surface area (Å²) in [4.78, 5) is 9.25. The zero-order valence-corrected chi connectivity index (χ0v) is 12.7. The topological polar surface area (TPSA) is 25.8 Å². The van der Waals surface area contributed by atoms with Gasteiger partial charge >= 0.3 is 0 Å². The number of benzene rings is 1. The number of thiophene rings is 1. The third kappa shape index (κ3) is 2.14. The Morgan fingerprint density at radius 1 is 1.11 bits per heavy atom. The Morgan fingerprint density at radius 3 is 2.72 bits per heavy atom. The number of rotatable bonds is 1. The van der Waals surface area contributed by atoms with Crippen LogP contribution in [0.2, 0.25) is 10.2 Å². The summed E-state index contributed by atoms with van der Waals surface area (Å²) in [5.74, 6) is 0. The van der Waals surface area contributed by atoms with Gasteiger partial charge in [0.05, 0.1) is 10.2 Å². The standard InChI is InChI=1S/C12H5BrCl2N2S/c13-8-2-1-6(14)3-7(8)10-4-9-11(18-10)12(15)17-5-16-9/h1-5H. The number of nitrogens with zero attached hydrogens (tertiary/aromatic N) is 2. The molecule has 0 aliphatic heterocycles. The molecule has 90 valence electrons. The molecule has 0 saturated carbocycles. The van der Waals surface area contributed by atoms with E-state index in [1.54, 1.807) is 11.3 Å². The van der Waals surface area contributed by atoms with Crippen LogP contribution >= 0.6 is 50.5 Å². The molecule has 0 aliphatic rings. The van der Waals surface area contributed by atoms with Gasteiger partial charge in [-0.3, -0.25) is 0 Å². The maximum absolute atomic E-state index is 6.05. The monoisotopic (exact) mass is 358 g/mol. The fourth-order valence-electron chi connectivity index (χ4n) is 1.64. The fraction of sp³-hybridized carbons (Fsp3) is 0. The molecule has 0 bridgehead atoms. The fourth-order valence-corrected chi connectivity index (χ4v) is 3.69. The van der Waals surface area contributed by atoms with Gasteiger partial charge < -0.3 is 0 Å². The van der Waals surface area contributed by atoms with Crippen molar-refractivity contribution in [3.05, 3.63) is 45.2 Å². The van der Waals surface area contributed by atoms with Crippen LogP contribution in [0.1, 0.15) is 0 Å². The number of hydrogen-bond acceptors (Lipinski definition) is 3. The van der Waals surface area contributed by atoms with E-state index in [1.807, 2.05) is 24.3 Å². The molecule has 18 heavy (non-hydrogen) atoms. The number of hydrogen-bond donors (Lipinski definition) is 0. The van der Waals surface area contributed by atoms with Crippen LogP contribution in [0.4, 0.5) is 0 Å². The van der Waals surface area contributed by atoms with Gasteiger partial charge in [0.2, 0.25) is 0 Å². The smallest absolute Gasteiger partial charge is 0.150 e. The lowest BCUT2D eigenvalue weighted by molar-refractivity contribution is 1.23. The second-order valence-electron chi connectivity index (χ2n) is 3.61. The lowest BCUT2D eigenvalue weighted by Gasteiger charge is -2.01. The maximum atomic E-state index is 6.05. The molecule has 2 aromatic heterocycles. The Bertz CT molecular complexity index is 742. The molecular formula is C12H5BrCl2N2S. The molecule has 0 N–H and O–H groups in total. The van der Waals surface area contributed by atoms with Crippen LogP contribution < -0.4 is 0 Å². The van der Waals surface area contributed by atoms with Gasteiger partial charge in [0.25, 0.3) is 0 Å². The van der Waals surface area contributed by atoms with Crippen molar-refractivity contribution in [2.24, 2.45) is 0 Å². The molecular weight excluding hydrogens is 355 g/mol. The molecule has 0 amide bonds. The van der Waals surface area contributed by atoms with E-state index >= 15 is 0 Å². The van der Waals surface area contributed by atoms with E-state index in [-0.39, 0.29) is 0 Å². The van der Waals surface area contributed by atoms with E-state index in [0.29, 0.717) is 10.2 Å². The summed E-state index contributed by atoms with van der Waals surface area (Å²) in [6.07, 6.45) is 1.47. The highest BCUT2D eigenvalue weighted by Crippen LogP contribution is 2.39. The molecule has 0 unspecified atom stereocenters. The molecule has 0 atom stereocenters. The molecule has 0 aliphatic carbocycles. The van der Waals surface area contributed by atoms with Crippen LogP contribution in [0.25, 0.3) is 20.7 Å². The molecule has 6 heteroatoms. The van der Waals surface area contributed by atoms with Crippen LogP contribution in [0.15, 0.2) is 35.1 Å². The second-order valence-corrected chi connectivity index (χ2v) is 6.31. The van der Waals surface area contributed by atoms with E-state index in [1.165, 1.54) is 6.33 Å². The molecule has 2 nitrogen and oxygen atoms in total. The van der Waals surface area contributed by atoms with Crippen molar-refractivity contribution < 1.29 is 0 Å². The molecule has 3 aromatic rings. The summed E-state index contributed by atoms with van der Waals surface area (Å²) in [6, 6.07) is 7.67. The van der Waals surface area contributed by atoms with Crippen molar-refractivity contribution in [2.75, 3.05) is 0 Å². The molecule has 0 radical (unpaired) electrons. The first-order chi connectivity index (χ1) is 8.65. The van der Waals surface area contributed by atoms with Crippen molar-refractivity contribution in [2.45, 2.75) is 0 Å². The van der Waals surface area contributed by atoms with Crippen LogP contribution in [0, 0.1) is 0 Å². The first-order valence-electron chi connectivity index (χ1n) is 5.00. The van der Waals surface area contributed by atoms with Gasteiger partial charge in [-0.15, -0.1) is 11.3 Å². The van der Waals surface area contributed by atoms with Gasteiger partial charge in [-0.1, -0.05) is 39.1 Å². The van der Waals surface area contributed by atoms with Gasteiger partial charge in [-0.05, 0) is 24.3 Å². The molecule has 0 saturated heterocycles. The summed E-state index contributed by atoms with van der Waals surface area (Å²) < 4.78 is 1.88. The quantitative estimate of drug-likeness (QED) is 0.541. The molecule has 1 aromatic carbocycles. The minimum atomic E-state index is 0.481. The third-order valence-corrected chi connectivity index (χ3v) is 4.95. The first kappa shape index (κ1) is 12.4. The minimum Gasteiger partial charge on any atom is -0.235 e. The van der Waals surface area contributed by atoms with Gasteiger partial charge in [0.1, 0.15) is 11.5 Å². The Kier molecular flexibility index (Phi) is 3.28. The lowest BCUT2D eigenvalue weighted by Crippen LogP contribution is -1.77. The van der Waals surface area contributed by atoms with E-state index in [2.05, 4.69) is 25.9 Å². The van der Waals surface area contributed by atoms with Crippen LogP contribution in [-0.2, 0) is 0 Å². The van der Waals surface area contributed by atoms with Crippen LogP contribution in [0.3, 0.4) is 0 Å². The van der Waals surface area contributed by atoms with Gasteiger partial charge in [-0.25, -0.2) is 9.97 Å². The predicted molar refractivity (Wildman–Crippen MR) is 80.6 cm³/mol. The summed E-state index contributed by atoms with van der Waals surface area (Å²) >= 11 is 17.2. The van der Waals surface area contributed by atoms with Crippen LogP contribution in [-0.4, -0.2) is 9.97 Å². The number of fused-ring (bicyclic) bond motifs is 1. The normalized spacial score (nSPS) is 11.1. The first-order valence-corrected chi connectivity index (χ1v) is 7.37. The Hall–Kier alpha value is -0.680. The average molecular weight is 360 g/mol. The zero-order chi connectivity index (χ0) is 12.7. The minimum absolute atomic E-state index is 0.481. The van der Waals surface area contributed by atoms with Gasteiger partial charge in [-0.2, -0.15) is 0 Å². The lowest BCUT2D eigenvalue weighted by atomic mass is 10.2. The average Bonchev–Trinajstić information content (AvgIpc) is 2.77. The van der Waals surface area contributed by atoms with E-state index < -0.39 is 0 Å². The van der Waals surface area contributed by atoms with Gasteiger partial charge in [0.15, 0.2) is 0 Å². The highest BCUT2D eigenvalue weighted by molar-refractivity contribution is 9.10. The third-order valence-electron chi connectivity index (χ3n) is 2.46. The number of aromatic nitrogens is 2. The van der Waals surface area contributed by atoms with Crippen molar-refractivity contribution >= 4 is 60.7 Å². The molecule has 3 rings (SSSR count). The highest BCUT2D eigenvalue weighted by atomic mass is 79.9. The summed E-state index contributed by atoms with van der Waals surface area (Å²) in [5, 5.41) is 1.18. The Morgan fingerprint density at radius 2 is 1.94 bits per heavy atom. The van der Waals surface area contributed by atoms with E-state index in [4.69, 9.17) is 23.2 Å². The molecule has 0 spiro atoms. The van der Waals surface area contributed by atoms with Gasteiger partial charge in [0, 0.05) is 19.9 Å². The summed E-state index contributed by atoms with van der Waals surface area (Å²) in [5.41, 5.74) is 1.88. The van der Waals surface area contributed by atoms with Crippen molar-refractivity contribution in [3.63, 3.8) is 0 Å². The van der Waals surface area contributed by atoms with Crippen molar-refractivity contribution in [1.82, 2.24) is 9.97 Å². The van der Waals surface area contributed by atoms with E-state index in [0.717, 1.165) is 25.1 Å². The highest BCUT2D eigenvalue weighted by Gasteiger charge is 2.11. The van der Waals surface area contributed by atoms with Crippen LogP contribution in [0.5, 0.6) is 0 Å². The number of halogens is 3. The summed E-state index contributed by atoms with van der Waals surface area (Å²) in [6.45, 7) is 0. The Balaban J connectivity index is 2.26. The van der Waals surface area contributed by atoms with E-state index in [9.17, 15) is 0 Å². The predicted octanol–water partition coefficient (Wildman–Crippen LogP) is 5.43. The maximum Gasteiger partial charge on any atom is 0.150 e. The van der Waals surface area contributed by atoms with Crippen molar-refractivity contribution in [3.8, 4) is 10.4 Å². The Labute approximate surface area is 126 Å². The van der Waals surface area contributed by atoms with Crippen molar-refractivity contribution in [1.29, 1.82) is 0 Å². The largest absolute Gasteiger partial charge is 0.235 e. The zero-order valence-electron chi connectivity index (χ0n) is 8.82.